The summed E-state index contributed by atoms with van der Waals surface area (Å²) in [4.78, 5) is 0. The molecule has 1 unspecified atom stereocenters. The van der Waals surface area contributed by atoms with Crippen LogP contribution in [0.25, 0.3) is 0 Å². The van der Waals surface area contributed by atoms with E-state index in [4.69, 9.17) is 9.84 Å². The Morgan fingerprint density at radius 1 is 1.75 bits per heavy atom. The van der Waals surface area contributed by atoms with Crippen LogP contribution in [-0.4, -0.2) is 24.9 Å². The number of hydrogen-bond donors (Lipinski definition) is 1. The van der Waals surface area contributed by atoms with Crippen LogP contribution in [-0.2, 0) is 4.74 Å². The normalized spacial score (nSPS) is 28.9. The van der Waals surface area contributed by atoms with Gasteiger partial charge in [-0.3, -0.25) is 0 Å². The lowest BCUT2D eigenvalue weighted by Gasteiger charge is -2.00. The molecule has 8 heavy (non-hydrogen) atoms. The molecule has 0 spiro atoms. The van der Waals surface area contributed by atoms with Crippen LogP contribution in [0.3, 0.4) is 0 Å². The summed E-state index contributed by atoms with van der Waals surface area (Å²) in [6.45, 7) is 1.86. The lowest BCUT2D eigenvalue weighted by atomic mass is 10.1. The van der Waals surface area contributed by atoms with Crippen molar-refractivity contribution in [1.29, 1.82) is 0 Å². The Hall–Kier alpha value is -0.0800. The molecule has 1 aliphatic rings. The molecule has 0 bridgehead atoms. The molecule has 0 aromatic carbocycles. The lowest BCUT2D eigenvalue weighted by Crippen LogP contribution is -2.02. The summed E-state index contributed by atoms with van der Waals surface area (Å²) >= 11 is 0. The standard InChI is InChI=1S/C6H11O2/c7-3-1-6-2-4-8-5-6/h1,6-7H,2-5H2. The van der Waals surface area contributed by atoms with E-state index in [1.165, 1.54) is 0 Å². The maximum atomic E-state index is 8.42. The molecular formula is C6H11O2. The van der Waals surface area contributed by atoms with Crippen LogP contribution in [0, 0.1) is 12.3 Å². The molecule has 1 saturated heterocycles. The van der Waals surface area contributed by atoms with E-state index in [1.54, 1.807) is 0 Å². The van der Waals surface area contributed by atoms with Gasteiger partial charge in [-0.25, -0.2) is 0 Å². The highest BCUT2D eigenvalue weighted by atomic mass is 16.5. The Morgan fingerprint density at radius 3 is 3.12 bits per heavy atom. The monoisotopic (exact) mass is 115 g/mol. The second-order valence-corrected chi connectivity index (χ2v) is 2.04. The largest absolute Gasteiger partial charge is 0.396 e. The molecule has 47 valence electrons. The van der Waals surface area contributed by atoms with Crippen molar-refractivity contribution in [2.45, 2.75) is 6.42 Å². The summed E-state index contributed by atoms with van der Waals surface area (Å²) in [6.07, 6.45) is 2.98. The summed E-state index contributed by atoms with van der Waals surface area (Å²) in [7, 11) is 0. The van der Waals surface area contributed by atoms with Gasteiger partial charge in [0.2, 0.25) is 0 Å². The molecule has 0 aliphatic carbocycles. The molecule has 1 atom stereocenters. The maximum absolute atomic E-state index is 8.42. The summed E-state index contributed by atoms with van der Waals surface area (Å²) in [5, 5.41) is 8.42. The zero-order chi connectivity index (χ0) is 5.82. The first-order chi connectivity index (χ1) is 3.93. The van der Waals surface area contributed by atoms with Gasteiger partial charge < -0.3 is 9.84 Å². The second kappa shape index (κ2) is 3.05. The third-order valence-electron chi connectivity index (χ3n) is 1.40. The SMILES string of the molecule is OC[CH]C1CCOC1. The van der Waals surface area contributed by atoms with Crippen LogP contribution < -0.4 is 0 Å². The number of ether oxygens (including phenoxy) is 1. The number of hydrogen-bond acceptors (Lipinski definition) is 2. The van der Waals surface area contributed by atoms with Gasteiger partial charge in [-0.15, -0.1) is 0 Å². The number of rotatable bonds is 2. The van der Waals surface area contributed by atoms with Crippen LogP contribution in [0.5, 0.6) is 0 Å². The van der Waals surface area contributed by atoms with Gasteiger partial charge in [0.15, 0.2) is 0 Å². The van der Waals surface area contributed by atoms with E-state index in [2.05, 4.69) is 0 Å². The van der Waals surface area contributed by atoms with Crippen LogP contribution in [0.2, 0.25) is 0 Å². The molecule has 0 amide bonds. The van der Waals surface area contributed by atoms with E-state index in [-0.39, 0.29) is 6.61 Å². The third-order valence-corrected chi connectivity index (χ3v) is 1.40. The summed E-state index contributed by atoms with van der Waals surface area (Å²) in [6, 6.07) is 0. The Kier molecular flexibility index (Phi) is 2.30. The van der Waals surface area contributed by atoms with Crippen LogP contribution in [0.1, 0.15) is 6.42 Å². The smallest absolute Gasteiger partial charge is 0.0498 e. The first-order valence-corrected chi connectivity index (χ1v) is 2.95. The minimum Gasteiger partial charge on any atom is -0.396 e. The first kappa shape index (κ1) is 6.05. The fourth-order valence-electron chi connectivity index (χ4n) is 0.888. The van der Waals surface area contributed by atoms with Crippen molar-refractivity contribution >= 4 is 0 Å². The predicted molar refractivity (Wildman–Crippen MR) is 30.3 cm³/mol. The van der Waals surface area contributed by atoms with E-state index < -0.39 is 0 Å². The molecule has 1 heterocycles. The van der Waals surface area contributed by atoms with Crippen molar-refractivity contribution in [2.75, 3.05) is 19.8 Å². The van der Waals surface area contributed by atoms with Crippen molar-refractivity contribution in [2.24, 2.45) is 5.92 Å². The Bertz CT molecular complexity index is 57.5. The zero-order valence-corrected chi connectivity index (χ0v) is 4.84. The Balaban J connectivity index is 2.06. The highest BCUT2D eigenvalue weighted by Gasteiger charge is 2.13. The van der Waals surface area contributed by atoms with Gasteiger partial charge in [0, 0.05) is 19.8 Å². The Morgan fingerprint density at radius 2 is 2.62 bits per heavy atom. The molecule has 0 saturated carbocycles. The predicted octanol–water partition coefficient (Wildman–Crippen LogP) is 0.219. The van der Waals surface area contributed by atoms with Crippen molar-refractivity contribution in [3.8, 4) is 0 Å². The fourth-order valence-corrected chi connectivity index (χ4v) is 0.888. The maximum Gasteiger partial charge on any atom is 0.0498 e. The van der Waals surface area contributed by atoms with Crippen molar-refractivity contribution in [3.63, 3.8) is 0 Å². The van der Waals surface area contributed by atoms with Crippen molar-refractivity contribution in [1.82, 2.24) is 0 Å². The van der Waals surface area contributed by atoms with Crippen LogP contribution >= 0.6 is 0 Å². The van der Waals surface area contributed by atoms with Crippen LogP contribution in [0.4, 0.5) is 0 Å². The zero-order valence-electron chi connectivity index (χ0n) is 4.84. The number of aliphatic hydroxyl groups is 1. The topological polar surface area (TPSA) is 29.5 Å². The van der Waals surface area contributed by atoms with Crippen molar-refractivity contribution < 1.29 is 9.84 Å². The number of aliphatic hydroxyl groups excluding tert-OH is 1. The quantitative estimate of drug-likeness (QED) is 0.557. The molecule has 1 radical (unpaired) electrons. The van der Waals surface area contributed by atoms with E-state index in [0.29, 0.717) is 5.92 Å². The molecule has 1 fully saturated rings. The van der Waals surface area contributed by atoms with Gasteiger partial charge in [-0.1, -0.05) is 0 Å². The van der Waals surface area contributed by atoms with E-state index in [9.17, 15) is 0 Å². The average molecular weight is 115 g/mol. The summed E-state index contributed by atoms with van der Waals surface area (Å²) < 4.78 is 5.07. The van der Waals surface area contributed by atoms with Gasteiger partial charge in [0.25, 0.3) is 0 Å². The molecule has 1 N–H and O–H groups in total. The lowest BCUT2D eigenvalue weighted by molar-refractivity contribution is 0.186. The van der Waals surface area contributed by atoms with Gasteiger partial charge in [0.05, 0.1) is 0 Å². The molecule has 1 aliphatic heterocycles. The van der Waals surface area contributed by atoms with Gasteiger partial charge in [-0.05, 0) is 18.8 Å². The molecule has 0 aromatic rings. The fraction of sp³-hybridized carbons (Fsp3) is 0.833. The molecule has 2 heteroatoms. The third kappa shape index (κ3) is 1.46. The molecule has 2 nitrogen and oxygen atoms in total. The minimum absolute atomic E-state index is 0.189. The molecule has 1 rings (SSSR count). The van der Waals surface area contributed by atoms with E-state index >= 15 is 0 Å². The highest BCUT2D eigenvalue weighted by molar-refractivity contribution is 4.77. The van der Waals surface area contributed by atoms with Gasteiger partial charge in [0.1, 0.15) is 0 Å². The first-order valence-electron chi connectivity index (χ1n) is 2.95. The molecule has 0 aromatic heterocycles. The minimum atomic E-state index is 0.189. The van der Waals surface area contributed by atoms with E-state index in [0.717, 1.165) is 19.6 Å². The van der Waals surface area contributed by atoms with E-state index in [1.807, 2.05) is 6.42 Å². The summed E-state index contributed by atoms with van der Waals surface area (Å²) in [5.74, 6) is 0.514. The average Bonchev–Trinajstić information content (AvgIpc) is 2.19. The van der Waals surface area contributed by atoms with Gasteiger partial charge in [-0.2, -0.15) is 0 Å². The molecular weight excluding hydrogens is 104 g/mol. The second-order valence-electron chi connectivity index (χ2n) is 2.04. The van der Waals surface area contributed by atoms with Crippen molar-refractivity contribution in [3.05, 3.63) is 6.42 Å². The highest BCUT2D eigenvalue weighted by Crippen LogP contribution is 2.13. The summed E-state index contributed by atoms with van der Waals surface area (Å²) in [5.41, 5.74) is 0. The van der Waals surface area contributed by atoms with Crippen LogP contribution in [0.15, 0.2) is 0 Å². The Labute approximate surface area is 49.5 Å². The van der Waals surface area contributed by atoms with Gasteiger partial charge >= 0.3 is 0 Å².